The fourth-order valence-electron chi connectivity index (χ4n) is 4.28. The predicted octanol–water partition coefficient (Wildman–Crippen LogP) is 2.40. The molecule has 7 N–H and O–H groups in total. The first kappa shape index (κ1) is 31.8. The number of carbonyl (C=O) groups excluding carboxylic acids is 2. The lowest BCUT2D eigenvalue weighted by Crippen LogP contribution is -2.71. The van der Waals surface area contributed by atoms with Crippen molar-refractivity contribution in [3.8, 4) is 21.9 Å². The highest BCUT2D eigenvalue weighted by atomic mass is 32.2. The van der Waals surface area contributed by atoms with Crippen LogP contribution in [-0.2, 0) is 19.2 Å². The molecule has 0 unspecified atom stereocenters. The van der Waals surface area contributed by atoms with Crippen molar-refractivity contribution in [2.75, 3.05) is 23.8 Å². The first-order valence-electron chi connectivity index (χ1n) is 12.6. The van der Waals surface area contributed by atoms with E-state index < -0.39 is 40.9 Å². The van der Waals surface area contributed by atoms with Crippen molar-refractivity contribution >= 4 is 80.8 Å². The molecule has 1 fully saturated rings. The summed E-state index contributed by atoms with van der Waals surface area (Å²) >= 11 is 4.45. The van der Waals surface area contributed by atoms with Gasteiger partial charge in [0.2, 0.25) is 0 Å². The Balaban J connectivity index is 1.32. The molecule has 45 heavy (non-hydrogen) atoms. The molecule has 0 aliphatic carbocycles. The van der Waals surface area contributed by atoms with E-state index in [4.69, 9.17) is 10.6 Å². The van der Waals surface area contributed by atoms with Crippen LogP contribution in [0.25, 0.3) is 10.4 Å². The second-order valence-electron chi connectivity index (χ2n) is 9.17. The molecular weight excluding hydrogens is 669 g/mol. The molecule has 0 radical (unpaired) electrons. The van der Waals surface area contributed by atoms with Crippen molar-refractivity contribution in [1.82, 2.24) is 20.2 Å². The summed E-state index contributed by atoms with van der Waals surface area (Å²) in [6.45, 7) is 3.53. The Labute approximate surface area is 270 Å². The number of phenols is 2. The number of carboxylic acid groups (broad SMARTS) is 2. The number of aromatic hydroxyl groups is 2. The molecule has 0 saturated carbocycles. The number of hydrogen-bond donors (Lipinski definition) is 6. The quantitative estimate of drug-likeness (QED) is 0.0304. The molecule has 0 spiro atoms. The van der Waals surface area contributed by atoms with Gasteiger partial charge in [-0.3, -0.25) is 14.5 Å². The first-order chi connectivity index (χ1) is 21.5. The highest BCUT2D eigenvalue weighted by molar-refractivity contribution is 8.02. The molecule has 1 aromatic carbocycles. The summed E-state index contributed by atoms with van der Waals surface area (Å²) < 4.78 is 0.313. The van der Waals surface area contributed by atoms with Crippen LogP contribution in [-0.4, -0.2) is 94.3 Å². The molecule has 4 heterocycles. The summed E-state index contributed by atoms with van der Waals surface area (Å²) in [5, 5.41) is 46.6. The number of aliphatic carboxylic acids is 1. The number of amides is 2. The molecule has 2 aliphatic rings. The van der Waals surface area contributed by atoms with Crippen molar-refractivity contribution in [1.29, 1.82) is 0 Å². The molecule has 19 heteroatoms. The van der Waals surface area contributed by atoms with E-state index in [1.807, 2.05) is 0 Å². The number of β-lactam (4-membered cyclic amide) rings is 1. The average molecular weight is 691 g/mol. The fourth-order valence-corrected chi connectivity index (χ4v) is 8.44. The summed E-state index contributed by atoms with van der Waals surface area (Å²) in [5.41, 5.74) is 5.85. The molecule has 2 aliphatic heterocycles. The number of thiazole rings is 2. The molecule has 2 atom stereocenters. The number of nitrogens with two attached hydrogens (primary N) is 1. The number of nitrogen functional groups attached to an aromatic ring is 1. The Hall–Kier alpha value is -4.59. The van der Waals surface area contributed by atoms with E-state index in [1.54, 1.807) is 0 Å². The van der Waals surface area contributed by atoms with Crippen LogP contribution < -0.4 is 11.1 Å². The van der Waals surface area contributed by atoms with Crippen molar-refractivity contribution in [3.05, 3.63) is 58.9 Å². The number of benzene rings is 1. The number of anilines is 1. The van der Waals surface area contributed by atoms with Gasteiger partial charge in [-0.15, -0.1) is 34.4 Å². The fraction of sp³-hybridized carbons (Fsp3) is 0.192. The van der Waals surface area contributed by atoms with Crippen molar-refractivity contribution in [2.24, 2.45) is 5.16 Å². The van der Waals surface area contributed by atoms with Gasteiger partial charge < -0.3 is 36.3 Å². The molecule has 15 nitrogen and oxygen atoms in total. The minimum absolute atomic E-state index is 0.0128. The van der Waals surface area contributed by atoms with Gasteiger partial charge in [-0.1, -0.05) is 29.6 Å². The highest BCUT2D eigenvalue weighted by Gasteiger charge is 2.54. The summed E-state index contributed by atoms with van der Waals surface area (Å²) in [4.78, 5) is 65.1. The van der Waals surface area contributed by atoms with Crippen LogP contribution in [0.1, 0.15) is 16.2 Å². The molecule has 5 rings (SSSR count). The molecule has 2 amide bonds. The number of carbonyl (C=O) groups is 4. The number of fused-ring (bicyclic) bond motifs is 1. The van der Waals surface area contributed by atoms with Gasteiger partial charge in [-0.05, 0) is 29.3 Å². The van der Waals surface area contributed by atoms with Gasteiger partial charge in [0.25, 0.3) is 11.8 Å². The lowest BCUT2D eigenvalue weighted by Gasteiger charge is -2.49. The second kappa shape index (κ2) is 13.2. The highest BCUT2D eigenvalue weighted by Crippen LogP contribution is 2.43. The number of nitrogens with zero attached hydrogens (tertiary/aromatic N) is 4. The summed E-state index contributed by atoms with van der Waals surface area (Å²) in [5.74, 6) is -4.55. The Bertz CT molecular complexity index is 1790. The number of thioether (sulfide) groups is 2. The van der Waals surface area contributed by atoms with E-state index in [0.29, 0.717) is 15.5 Å². The summed E-state index contributed by atoms with van der Waals surface area (Å²) in [6.07, 6.45) is 1.43. The molecule has 0 bridgehead atoms. The van der Waals surface area contributed by atoms with E-state index >= 15 is 0 Å². The van der Waals surface area contributed by atoms with E-state index in [0.717, 1.165) is 39.3 Å². The first-order valence-corrected chi connectivity index (χ1v) is 16.4. The monoisotopic (exact) mass is 690 g/mol. The zero-order valence-corrected chi connectivity index (χ0v) is 26.0. The number of phenolic OH excluding ortho intramolecular Hbond substituents is 2. The van der Waals surface area contributed by atoms with Crippen molar-refractivity contribution in [2.45, 2.75) is 15.8 Å². The molecule has 3 aromatic rings. The van der Waals surface area contributed by atoms with Crippen LogP contribution in [0.2, 0.25) is 0 Å². The van der Waals surface area contributed by atoms with Crippen LogP contribution in [0.3, 0.4) is 0 Å². The van der Waals surface area contributed by atoms with E-state index in [9.17, 15) is 39.6 Å². The standard InChI is InChI=1S/C26H22N6O9S4/c1-2-5-41-31-15(12-9-43-25(27)28-12)20(35)29-17-21(36)32-18(24(39)40)11(7-42-22(17)32)8-44-26-30-16(23(37)38)19(45-26)10-3-4-13(33)14(34)6-10/h2-4,6,9,17,22,33-34H,1,5,7-8H2,(H2,27,28)(H,29,35)(H,37,38)(H,39,40)/b31-15-/t17-,22-/m1/s1. The number of aromatic carboxylic acids is 1. The maximum absolute atomic E-state index is 13.2. The average Bonchev–Trinajstić information content (AvgIpc) is 3.64. The topological polar surface area (TPSA) is 238 Å². The maximum Gasteiger partial charge on any atom is 0.356 e. The van der Waals surface area contributed by atoms with Crippen LogP contribution in [0.4, 0.5) is 5.13 Å². The summed E-state index contributed by atoms with van der Waals surface area (Å²) in [6, 6.07) is 2.83. The largest absolute Gasteiger partial charge is 0.504 e. The van der Waals surface area contributed by atoms with Gasteiger partial charge in [0.15, 0.2) is 32.4 Å². The van der Waals surface area contributed by atoms with Crippen LogP contribution in [0.5, 0.6) is 11.5 Å². The lowest BCUT2D eigenvalue weighted by atomic mass is 10.0. The minimum Gasteiger partial charge on any atom is -0.504 e. The van der Waals surface area contributed by atoms with Gasteiger partial charge in [-0.2, -0.15) is 0 Å². The van der Waals surface area contributed by atoms with Crippen LogP contribution in [0.15, 0.2) is 57.0 Å². The minimum atomic E-state index is -1.34. The van der Waals surface area contributed by atoms with E-state index in [-0.39, 0.29) is 56.7 Å². The molecule has 2 aromatic heterocycles. The third-order valence-corrected chi connectivity index (χ3v) is 10.6. The van der Waals surface area contributed by atoms with Gasteiger partial charge in [0, 0.05) is 16.9 Å². The van der Waals surface area contributed by atoms with Crippen LogP contribution >= 0.6 is 46.2 Å². The third-order valence-electron chi connectivity index (χ3n) is 6.28. The predicted molar refractivity (Wildman–Crippen MR) is 167 cm³/mol. The number of hydrogen-bond acceptors (Lipinski definition) is 15. The van der Waals surface area contributed by atoms with Gasteiger partial charge in [0.05, 0.1) is 4.88 Å². The van der Waals surface area contributed by atoms with Crippen LogP contribution in [0, 0.1) is 0 Å². The van der Waals surface area contributed by atoms with Gasteiger partial charge in [-0.25, -0.2) is 19.6 Å². The number of carboxylic acids is 2. The molecule has 234 valence electrons. The number of rotatable bonds is 12. The Morgan fingerprint density at radius 1 is 1.22 bits per heavy atom. The Kier molecular flexibility index (Phi) is 9.32. The van der Waals surface area contributed by atoms with Gasteiger partial charge >= 0.3 is 11.9 Å². The smallest absolute Gasteiger partial charge is 0.356 e. The van der Waals surface area contributed by atoms with E-state index in [1.165, 1.54) is 41.4 Å². The Morgan fingerprint density at radius 2 is 2.00 bits per heavy atom. The van der Waals surface area contributed by atoms with Gasteiger partial charge in [0.1, 0.15) is 29.4 Å². The maximum atomic E-state index is 13.2. The second-order valence-corrected chi connectivity index (χ2v) is 13.4. The normalized spacial score (nSPS) is 17.8. The van der Waals surface area contributed by atoms with Crippen molar-refractivity contribution < 1.29 is 44.4 Å². The number of nitrogens with one attached hydrogen (secondary N) is 1. The molecule has 1 saturated heterocycles. The zero-order valence-electron chi connectivity index (χ0n) is 22.7. The molecular formula is C26H22N6O9S4. The number of oxime groups is 1. The van der Waals surface area contributed by atoms with Crippen molar-refractivity contribution in [3.63, 3.8) is 0 Å². The zero-order chi connectivity index (χ0) is 32.4. The summed E-state index contributed by atoms with van der Waals surface area (Å²) in [7, 11) is 0. The SMILES string of the molecule is C=CCO/N=C(\C(=O)N[C@@H]1C(=O)N2C(C(=O)O)=C(CSc3nc(C(=O)O)c(-c4ccc(O)c(O)c4)s3)CS[C@H]12)c1csc(N)n1. The third kappa shape index (κ3) is 6.46. The Morgan fingerprint density at radius 3 is 2.64 bits per heavy atom. The number of aromatic nitrogens is 2. The van der Waals surface area contributed by atoms with E-state index in [2.05, 4.69) is 27.0 Å². The lowest BCUT2D eigenvalue weighted by molar-refractivity contribution is -0.150.